The van der Waals surface area contributed by atoms with E-state index in [4.69, 9.17) is 18.0 Å². The molecule has 0 atom stereocenters. The Balaban J connectivity index is 2.04. The maximum atomic E-state index is 5.56. The Kier molecular flexibility index (Phi) is 4.74. The van der Waals surface area contributed by atoms with E-state index in [-0.39, 0.29) is 0 Å². The summed E-state index contributed by atoms with van der Waals surface area (Å²) in [6, 6.07) is 12.2. The fourth-order valence-electron chi connectivity index (χ4n) is 1.38. The quantitative estimate of drug-likeness (QED) is 0.680. The van der Waals surface area contributed by atoms with E-state index in [9.17, 15) is 0 Å². The van der Waals surface area contributed by atoms with Gasteiger partial charge in [0.1, 0.15) is 4.99 Å². The van der Waals surface area contributed by atoms with E-state index < -0.39 is 0 Å². The van der Waals surface area contributed by atoms with Crippen LogP contribution in [0.5, 0.6) is 0 Å². The lowest BCUT2D eigenvalue weighted by Gasteiger charge is -2.04. The maximum Gasteiger partial charge on any atom is 0.122 e. The molecule has 0 aliphatic carbocycles. The summed E-state index contributed by atoms with van der Waals surface area (Å²) in [6.07, 6.45) is 1.73. The zero-order valence-electron chi connectivity index (χ0n) is 9.47. The summed E-state index contributed by atoms with van der Waals surface area (Å²) in [4.78, 5) is 5.58. The van der Waals surface area contributed by atoms with Crippen LogP contribution in [0.15, 0.2) is 52.0 Å². The van der Waals surface area contributed by atoms with Gasteiger partial charge in [0.25, 0.3) is 0 Å². The standard InChI is InChI=1S/C13H11BrN2S2/c14-10-3-1-9(2-4-10)8-18-11-5-6-16-12(7-11)13(15)17/h1-7H,8H2,(H2,15,17). The van der Waals surface area contributed by atoms with Gasteiger partial charge in [-0.2, -0.15) is 0 Å². The fraction of sp³-hybridized carbons (Fsp3) is 0.0769. The molecule has 18 heavy (non-hydrogen) atoms. The molecule has 2 nitrogen and oxygen atoms in total. The molecule has 0 bridgehead atoms. The van der Waals surface area contributed by atoms with Crippen LogP contribution in [0.4, 0.5) is 0 Å². The predicted octanol–water partition coefficient (Wildman–Crippen LogP) is 3.77. The van der Waals surface area contributed by atoms with Crippen molar-refractivity contribution >= 4 is 44.9 Å². The van der Waals surface area contributed by atoms with Gasteiger partial charge in [-0.05, 0) is 29.8 Å². The molecule has 0 saturated carbocycles. The van der Waals surface area contributed by atoms with Crippen LogP contribution < -0.4 is 5.73 Å². The summed E-state index contributed by atoms with van der Waals surface area (Å²) in [5.74, 6) is 0.911. The smallest absolute Gasteiger partial charge is 0.122 e. The number of hydrogen-bond donors (Lipinski definition) is 1. The van der Waals surface area contributed by atoms with E-state index in [0.29, 0.717) is 10.7 Å². The average molecular weight is 339 g/mol. The van der Waals surface area contributed by atoms with Crippen molar-refractivity contribution in [2.45, 2.75) is 10.6 Å². The molecule has 1 aromatic heterocycles. The van der Waals surface area contributed by atoms with Crippen LogP contribution in [0.25, 0.3) is 0 Å². The second-order valence-electron chi connectivity index (χ2n) is 3.66. The Hall–Kier alpha value is -0.910. The van der Waals surface area contributed by atoms with Gasteiger partial charge in [0.05, 0.1) is 5.69 Å². The van der Waals surface area contributed by atoms with E-state index in [1.807, 2.05) is 24.3 Å². The average Bonchev–Trinajstić information content (AvgIpc) is 2.38. The van der Waals surface area contributed by atoms with E-state index in [0.717, 1.165) is 15.1 Å². The molecule has 92 valence electrons. The predicted molar refractivity (Wildman–Crippen MR) is 83.8 cm³/mol. The van der Waals surface area contributed by atoms with E-state index >= 15 is 0 Å². The fourth-order valence-corrected chi connectivity index (χ4v) is 2.64. The van der Waals surface area contributed by atoms with Gasteiger partial charge in [0, 0.05) is 21.3 Å². The van der Waals surface area contributed by atoms with E-state index in [1.54, 1.807) is 18.0 Å². The molecule has 0 fully saturated rings. The number of benzene rings is 1. The molecule has 1 heterocycles. The first-order chi connectivity index (χ1) is 8.65. The Morgan fingerprint density at radius 1 is 1.28 bits per heavy atom. The van der Waals surface area contributed by atoms with Crippen molar-refractivity contribution < 1.29 is 0 Å². The van der Waals surface area contributed by atoms with Crippen molar-refractivity contribution in [3.05, 3.63) is 58.3 Å². The molecule has 5 heteroatoms. The minimum absolute atomic E-state index is 0.334. The normalized spacial score (nSPS) is 10.3. The molecular weight excluding hydrogens is 328 g/mol. The number of thioether (sulfide) groups is 1. The monoisotopic (exact) mass is 338 g/mol. The third-order valence-corrected chi connectivity index (χ3v) is 4.11. The van der Waals surface area contributed by atoms with Crippen LogP contribution in [0, 0.1) is 0 Å². The summed E-state index contributed by atoms with van der Waals surface area (Å²) >= 11 is 10.1. The molecule has 0 amide bonds. The maximum absolute atomic E-state index is 5.56. The van der Waals surface area contributed by atoms with Crippen molar-refractivity contribution in [1.29, 1.82) is 0 Å². The second-order valence-corrected chi connectivity index (χ2v) is 6.06. The summed E-state index contributed by atoms with van der Waals surface area (Å²) in [6.45, 7) is 0. The lowest BCUT2D eigenvalue weighted by Crippen LogP contribution is -2.11. The van der Waals surface area contributed by atoms with Gasteiger partial charge in [0.2, 0.25) is 0 Å². The zero-order valence-corrected chi connectivity index (χ0v) is 12.7. The highest BCUT2D eigenvalue weighted by atomic mass is 79.9. The van der Waals surface area contributed by atoms with Gasteiger partial charge >= 0.3 is 0 Å². The number of thiocarbonyl (C=S) groups is 1. The molecule has 0 saturated heterocycles. The van der Waals surface area contributed by atoms with Crippen molar-refractivity contribution in [3.8, 4) is 0 Å². The number of aromatic nitrogens is 1. The molecule has 0 aliphatic rings. The minimum atomic E-state index is 0.334. The lowest BCUT2D eigenvalue weighted by atomic mass is 10.2. The topological polar surface area (TPSA) is 38.9 Å². The van der Waals surface area contributed by atoms with Crippen molar-refractivity contribution in [2.24, 2.45) is 5.73 Å². The lowest BCUT2D eigenvalue weighted by molar-refractivity contribution is 1.23. The molecule has 2 N–H and O–H groups in total. The molecule has 0 aliphatic heterocycles. The second kappa shape index (κ2) is 6.31. The molecule has 2 rings (SSSR count). The SMILES string of the molecule is NC(=S)c1cc(SCc2ccc(Br)cc2)ccn1. The van der Waals surface area contributed by atoms with E-state index in [1.165, 1.54) is 5.56 Å². The number of nitrogens with zero attached hydrogens (tertiary/aromatic N) is 1. The highest BCUT2D eigenvalue weighted by Crippen LogP contribution is 2.23. The Bertz CT molecular complexity index is 555. The van der Waals surface area contributed by atoms with Crippen LogP contribution in [0.1, 0.15) is 11.3 Å². The Labute approximate surface area is 124 Å². The summed E-state index contributed by atoms with van der Waals surface area (Å²) < 4.78 is 1.09. The molecule has 2 aromatic rings. The van der Waals surface area contributed by atoms with Gasteiger partial charge in [-0.3, -0.25) is 4.98 Å². The van der Waals surface area contributed by atoms with Crippen LogP contribution in [0.2, 0.25) is 0 Å². The number of rotatable bonds is 4. The van der Waals surface area contributed by atoms with Gasteiger partial charge < -0.3 is 5.73 Å². The van der Waals surface area contributed by atoms with Crippen LogP contribution in [-0.2, 0) is 5.75 Å². The zero-order chi connectivity index (χ0) is 13.0. The van der Waals surface area contributed by atoms with Gasteiger partial charge in [-0.1, -0.05) is 40.3 Å². The van der Waals surface area contributed by atoms with Gasteiger partial charge in [-0.15, -0.1) is 11.8 Å². The largest absolute Gasteiger partial charge is 0.388 e. The van der Waals surface area contributed by atoms with Crippen LogP contribution in [0.3, 0.4) is 0 Å². The summed E-state index contributed by atoms with van der Waals surface area (Å²) in [7, 11) is 0. The first-order valence-corrected chi connectivity index (χ1v) is 7.47. The van der Waals surface area contributed by atoms with Crippen molar-refractivity contribution in [2.75, 3.05) is 0 Å². The van der Waals surface area contributed by atoms with E-state index in [2.05, 4.69) is 33.0 Å². The molecule has 0 unspecified atom stereocenters. The minimum Gasteiger partial charge on any atom is -0.388 e. The van der Waals surface area contributed by atoms with Gasteiger partial charge in [-0.25, -0.2) is 0 Å². The third kappa shape index (κ3) is 3.80. The van der Waals surface area contributed by atoms with Gasteiger partial charge in [0.15, 0.2) is 0 Å². The number of hydrogen-bond acceptors (Lipinski definition) is 3. The molecular formula is C13H11BrN2S2. The number of pyridine rings is 1. The first kappa shape index (κ1) is 13.5. The number of halogens is 1. The van der Waals surface area contributed by atoms with Crippen molar-refractivity contribution in [1.82, 2.24) is 4.98 Å². The molecule has 0 radical (unpaired) electrons. The Morgan fingerprint density at radius 3 is 2.67 bits per heavy atom. The van der Waals surface area contributed by atoms with Crippen molar-refractivity contribution in [3.63, 3.8) is 0 Å². The molecule has 0 spiro atoms. The highest BCUT2D eigenvalue weighted by Gasteiger charge is 2.01. The summed E-state index contributed by atoms with van der Waals surface area (Å²) in [5, 5.41) is 0. The number of nitrogens with two attached hydrogens (primary N) is 1. The highest BCUT2D eigenvalue weighted by molar-refractivity contribution is 9.10. The van der Waals surface area contributed by atoms with Crippen LogP contribution >= 0.6 is 39.9 Å². The summed E-state index contributed by atoms with van der Waals surface area (Å²) in [5.41, 5.74) is 7.51. The van der Waals surface area contributed by atoms with Crippen LogP contribution in [-0.4, -0.2) is 9.97 Å². The first-order valence-electron chi connectivity index (χ1n) is 5.28. The third-order valence-electron chi connectivity index (χ3n) is 2.30. The molecule has 1 aromatic carbocycles. The Morgan fingerprint density at radius 2 is 2.00 bits per heavy atom.